The second-order valence-corrected chi connectivity index (χ2v) is 10.8. The van der Waals surface area contributed by atoms with Crippen LogP contribution in [0.2, 0.25) is 0 Å². The molecule has 1 fully saturated rings. The number of nitrogens with one attached hydrogen (secondary N) is 1. The Morgan fingerprint density at radius 3 is 2.53 bits per heavy atom. The topological polar surface area (TPSA) is 84.9 Å². The zero-order valence-electron chi connectivity index (χ0n) is 21.2. The van der Waals surface area contributed by atoms with E-state index < -0.39 is 17.5 Å². The third kappa shape index (κ3) is 9.20. The van der Waals surface area contributed by atoms with Crippen molar-refractivity contribution in [1.29, 1.82) is 0 Å². The summed E-state index contributed by atoms with van der Waals surface area (Å²) in [5.74, 6) is -0.828. The lowest BCUT2D eigenvalue weighted by atomic mass is 9.88. The van der Waals surface area contributed by atoms with Crippen LogP contribution in [0.25, 0.3) is 0 Å². The summed E-state index contributed by atoms with van der Waals surface area (Å²) >= 11 is 1.60. The van der Waals surface area contributed by atoms with E-state index in [0.717, 1.165) is 18.4 Å². The van der Waals surface area contributed by atoms with Crippen LogP contribution in [0, 0.1) is 11.8 Å². The van der Waals surface area contributed by atoms with Gasteiger partial charge in [-0.05, 0) is 63.5 Å². The number of amides is 2. The number of thioether (sulfide) groups is 1. The number of carbonyl (C=O) groups is 3. The predicted molar refractivity (Wildman–Crippen MR) is 135 cm³/mol. The molecule has 0 radical (unpaired) electrons. The molecular formula is C26H40N2O5S. The van der Waals surface area contributed by atoms with Gasteiger partial charge >= 0.3 is 12.1 Å². The Kier molecular flexibility index (Phi) is 11.2. The summed E-state index contributed by atoms with van der Waals surface area (Å²) in [7, 11) is 0. The molecule has 8 heteroatoms. The fourth-order valence-corrected chi connectivity index (χ4v) is 4.55. The monoisotopic (exact) mass is 492 g/mol. The Labute approximate surface area is 208 Å². The first-order chi connectivity index (χ1) is 16.1. The van der Waals surface area contributed by atoms with Crippen LogP contribution < -0.4 is 5.32 Å². The van der Waals surface area contributed by atoms with Gasteiger partial charge in [0.05, 0.1) is 0 Å². The van der Waals surface area contributed by atoms with Gasteiger partial charge in [0.1, 0.15) is 18.1 Å². The zero-order chi connectivity index (χ0) is 25.1. The molecule has 1 aliphatic rings. The van der Waals surface area contributed by atoms with Crippen LogP contribution in [-0.2, 0) is 25.7 Å². The van der Waals surface area contributed by atoms with Crippen LogP contribution in [0.1, 0.15) is 58.9 Å². The van der Waals surface area contributed by atoms with Crippen LogP contribution in [-0.4, -0.2) is 59.6 Å². The number of hydrogen-bond acceptors (Lipinski definition) is 6. The largest absolute Gasteiger partial charge is 0.460 e. The van der Waals surface area contributed by atoms with Crippen molar-refractivity contribution in [3.8, 4) is 0 Å². The molecule has 1 heterocycles. The van der Waals surface area contributed by atoms with E-state index in [9.17, 15) is 14.4 Å². The van der Waals surface area contributed by atoms with Gasteiger partial charge in [0.2, 0.25) is 5.91 Å². The van der Waals surface area contributed by atoms with Crippen molar-refractivity contribution < 1.29 is 23.9 Å². The minimum atomic E-state index is -0.845. The van der Waals surface area contributed by atoms with E-state index >= 15 is 0 Å². The molecule has 2 rings (SSSR count). The second-order valence-electron chi connectivity index (χ2n) is 9.81. The minimum Gasteiger partial charge on any atom is -0.460 e. The number of nitrogens with zero attached hydrogens (tertiary/aromatic N) is 1. The molecule has 1 aliphatic heterocycles. The van der Waals surface area contributed by atoms with Gasteiger partial charge in [-0.25, -0.2) is 4.79 Å². The molecule has 1 aromatic rings. The second kappa shape index (κ2) is 13.6. The lowest BCUT2D eigenvalue weighted by Gasteiger charge is -2.39. The maximum Gasteiger partial charge on any atom is 0.410 e. The molecule has 3 unspecified atom stereocenters. The average Bonchev–Trinajstić information content (AvgIpc) is 2.78. The Balaban J connectivity index is 2.01. The Bertz CT molecular complexity index is 796. The van der Waals surface area contributed by atoms with Gasteiger partial charge in [0, 0.05) is 19.1 Å². The molecule has 0 aromatic heterocycles. The van der Waals surface area contributed by atoms with Crippen LogP contribution >= 0.6 is 11.8 Å². The van der Waals surface area contributed by atoms with E-state index in [4.69, 9.17) is 9.47 Å². The SMILES string of the molecule is CCCC1CN(C(=O)OC(C)(C)C)CCC1NC(=O)C(CCSC)C(=O)OCc1ccccc1. The molecule has 1 saturated heterocycles. The summed E-state index contributed by atoms with van der Waals surface area (Å²) < 4.78 is 11.0. The third-order valence-corrected chi connectivity index (χ3v) is 6.45. The summed E-state index contributed by atoms with van der Waals surface area (Å²) in [4.78, 5) is 40.3. The summed E-state index contributed by atoms with van der Waals surface area (Å²) in [5, 5.41) is 3.12. The molecule has 0 bridgehead atoms. The summed E-state index contributed by atoms with van der Waals surface area (Å²) in [6, 6.07) is 9.36. The van der Waals surface area contributed by atoms with Crippen LogP contribution in [0.3, 0.4) is 0 Å². The number of rotatable bonds is 10. The highest BCUT2D eigenvalue weighted by Gasteiger charge is 2.36. The van der Waals surface area contributed by atoms with E-state index in [-0.39, 0.29) is 30.6 Å². The first-order valence-electron chi connectivity index (χ1n) is 12.1. The lowest BCUT2D eigenvalue weighted by molar-refractivity contribution is -0.154. The summed E-state index contributed by atoms with van der Waals surface area (Å²) in [5.41, 5.74) is 0.338. The smallest absolute Gasteiger partial charge is 0.410 e. The molecule has 0 aliphatic carbocycles. The number of ether oxygens (including phenoxy) is 2. The number of carbonyl (C=O) groups excluding carboxylic acids is 3. The van der Waals surface area contributed by atoms with Gasteiger partial charge in [-0.3, -0.25) is 9.59 Å². The van der Waals surface area contributed by atoms with Gasteiger partial charge in [-0.2, -0.15) is 11.8 Å². The fraction of sp³-hybridized carbons (Fsp3) is 0.654. The standard InChI is InChI=1S/C26H40N2O5S/c1-6-10-20-17-28(25(31)33-26(2,3)4)15-13-22(20)27-23(29)21(14-16-34-5)24(30)32-18-19-11-8-7-9-12-19/h7-9,11-12,20-22H,6,10,13-18H2,1-5H3,(H,27,29). The highest BCUT2D eigenvalue weighted by molar-refractivity contribution is 7.98. The van der Waals surface area contributed by atoms with Gasteiger partial charge in [0.15, 0.2) is 0 Å². The maximum atomic E-state index is 13.2. The lowest BCUT2D eigenvalue weighted by Crippen LogP contribution is -2.54. The first-order valence-corrected chi connectivity index (χ1v) is 13.5. The molecular weight excluding hydrogens is 452 g/mol. The molecule has 0 spiro atoms. The van der Waals surface area contributed by atoms with Crippen molar-refractivity contribution >= 4 is 29.7 Å². The van der Waals surface area contributed by atoms with Gasteiger partial charge in [-0.1, -0.05) is 43.7 Å². The van der Waals surface area contributed by atoms with E-state index in [2.05, 4.69) is 12.2 Å². The van der Waals surface area contributed by atoms with E-state index in [1.807, 2.05) is 57.4 Å². The Morgan fingerprint density at radius 2 is 1.91 bits per heavy atom. The molecule has 190 valence electrons. The van der Waals surface area contributed by atoms with Crippen molar-refractivity contribution in [3.63, 3.8) is 0 Å². The minimum absolute atomic E-state index is 0.0927. The molecule has 1 aromatic carbocycles. The number of likely N-dealkylation sites (tertiary alicyclic amines) is 1. The van der Waals surface area contributed by atoms with E-state index in [1.165, 1.54) is 0 Å². The summed E-state index contributed by atoms with van der Waals surface area (Å²) in [6.07, 6.45) is 4.50. The van der Waals surface area contributed by atoms with Crippen molar-refractivity contribution in [1.82, 2.24) is 10.2 Å². The molecule has 7 nitrogen and oxygen atoms in total. The Hall–Kier alpha value is -2.22. The zero-order valence-corrected chi connectivity index (χ0v) is 22.0. The van der Waals surface area contributed by atoms with Gasteiger partial charge in [-0.15, -0.1) is 0 Å². The normalized spacial score (nSPS) is 19.3. The first kappa shape index (κ1) is 28.0. The maximum absolute atomic E-state index is 13.2. The average molecular weight is 493 g/mol. The van der Waals surface area contributed by atoms with Crippen LogP contribution in [0.5, 0.6) is 0 Å². The predicted octanol–water partition coefficient (Wildman–Crippen LogP) is 4.64. The van der Waals surface area contributed by atoms with Crippen molar-refractivity contribution in [2.75, 3.05) is 25.1 Å². The van der Waals surface area contributed by atoms with Gasteiger partial charge < -0.3 is 19.7 Å². The third-order valence-electron chi connectivity index (χ3n) is 5.81. The molecule has 0 saturated carbocycles. The Morgan fingerprint density at radius 1 is 1.21 bits per heavy atom. The highest BCUT2D eigenvalue weighted by atomic mass is 32.2. The van der Waals surface area contributed by atoms with Crippen molar-refractivity contribution in [2.45, 2.75) is 71.6 Å². The number of hydrogen-bond donors (Lipinski definition) is 1. The highest BCUT2D eigenvalue weighted by Crippen LogP contribution is 2.24. The fourth-order valence-electron chi connectivity index (χ4n) is 4.08. The summed E-state index contributed by atoms with van der Waals surface area (Å²) in [6.45, 7) is 8.84. The van der Waals surface area contributed by atoms with Crippen LogP contribution in [0.4, 0.5) is 4.79 Å². The number of piperidine rings is 1. The van der Waals surface area contributed by atoms with E-state index in [0.29, 0.717) is 31.7 Å². The van der Waals surface area contributed by atoms with Gasteiger partial charge in [0.25, 0.3) is 0 Å². The van der Waals surface area contributed by atoms with Crippen molar-refractivity contribution in [3.05, 3.63) is 35.9 Å². The number of esters is 1. The molecule has 2 amide bonds. The van der Waals surface area contributed by atoms with E-state index in [1.54, 1.807) is 16.7 Å². The van der Waals surface area contributed by atoms with Crippen molar-refractivity contribution in [2.24, 2.45) is 11.8 Å². The molecule has 1 N–H and O–H groups in total. The molecule has 3 atom stereocenters. The quantitative estimate of drug-likeness (QED) is 0.378. The van der Waals surface area contributed by atoms with Crippen LogP contribution in [0.15, 0.2) is 30.3 Å². The number of benzene rings is 1. The molecule has 34 heavy (non-hydrogen) atoms.